The van der Waals surface area contributed by atoms with E-state index in [1.54, 1.807) is 31.2 Å². The van der Waals surface area contributed by atoms with Crippen LogP contribution < -0.4 is 9.62 Å². The van der Waals surface area contributed by atoms with Gasteiger partial charge in [-0.1, -0.05) is 48.4 Å². The molecule has 33 heavy (non-hydrogen) atoms. The zero-order valence-corrected chi connectivity index (χ0v) is 21.3. The van der Waals surface area contributed by atoms with Gasteiger partial charge in [-0.25, -0.2) is 8.42 Å². The van der Waals surface area contributed by atoms with Crippen molar-refractivity contribution in [3.63, 3.8) is 0 Å². The van der Waals surface area contributed by atoms with Crippen molar-refractivity contribution >= 4 is 39.1 Å². The molecule has 0 spiro atoms. The minimum atomic E-state index is -3.77. The second-order valence-corrected chi connectivity index (χ2v) is 10.6. The van der Waals surface area contributed by atoms with Crippen LogP contribution in [0.5, 0.6) is 0 Å². The third-order valence-corrected chi connectivity index (χ3v) is 6.79. The number of anilines is 1. The molecule has 0 saturated heterocycles. The topological polar surface area (TPSA) is 86.8 Å². The number of carbonyl (C=O) groups excluding carboxylic acids is 2. The number of nitrogens with one attached hydrogen (secondary N) is 1. The Morgan fingerprint density at radius 3 is 2.27 bits per heavy atom. The lowest BCUT2D eigenvalue weighted by Gasteiger charge is -2.32. The SMILES string of the molecule is CC[C@H](C)NC(=O)[C@@H](C)N(Cc1cccc(C)c1)C(=O)CN(c1ccc(Cl)cc1)S(C)(=O)=O. The zero-order chi connectivity index (χ0) is 24.8. The zero-order valence-electron chi connectivity index (χ0n) is 19.7. The van der Waals surface area contributed by atoms with Crippen molar-refractivity contribution < 1.29 is 18.0 Å². The molecule has 0 heterocycles. The number of halogens is 1. The van der Waals surface area contributed by atoms with E-state index in [0.29, 0.717) is 10.7 Å². The molecule has 0 aromatic heterocycles. The summed E-state index contributed by atoms with van der Waals surface area (Å²) in [5.41, 5.74) is 2.20. The number of amides is 2. The van der Waals surface area contributed by atoms with Crippen molar-refractivity contribution in [1.29, 1.82) is 0 Å². The number of rotatable bonds is 10. The average molecular weight is 494 g/mol. The van der Waals surface area contributed by atoms with Crippen LogP contribution in [0.15, 0.2) is 48.5 Å². The van der Waals surface area contributed by atoms with Gasteiger partial charge in [-0.3, -0.25) is 13.9 Å². The summed E-state index contributed by atoms with van der Waals surface area (Å²) in [6.07, 6.45) is 1.79. The summed E-state index contributed by atoms with van der Waals surface area (Å²) in [4.78, 5) is 27.7. The van der Waals surface area contributed by atoms with E-state index in [1.807, 2.05) is 45.0 Å². The number of nitrogens with zero attached hydrogens (tertiary/aromatic N) is 2. The highest BCUT2D eigenvalue weighted by Gasteiger charge is 2.30. The predicted molar refractivity (Wildman–Crippen MR) is 133 cm³/mol. The van der Waals surface area contributed by atoms with Crippen LogP contribution in [0, 0.1) is 6.92 Å². The second kappa shape index (κ2) is 11.5. The first kappa shape index (κ1) is 26.7. The fourth-order valence-electron chi connectivity index (χ4n) is 3.28. The standard InChI is InChI=1S/C24H32ClN3O4S/c1-6-18(3)26-24(30)19(4)27(15-20-9-7-8-17(2)14-20)23(29)16-28(33(5,31)32)22-12-10-21(25)11-13-22/h7-14,18-19H,6,15-16H2,1-5H3,(H,26,30)/t18-,19+/m0/s1. The normalized spacial score (nSPS) is 13.2. The number of hydrogen-bond acceptors (Lipinski definition) is 4. The van der Waals surface area contributed by atoms with E-state index in [1.165, 1.54) is 4.90 Å². The highest BCUT2D eigenvalue weighted by molar-refractivity contribution is 7.92. The van der Waals surface area contributed by atoms with Crippen LogP contribution in [-0.2, 0) is 26.2 Å². The Balaban J connectivity index is 2.37. The van der Waals surface area contributed by atoms with Gasteiger partial charge in [0.2, 0.25) is 21.8 Å². The Labute approximate surface area is 201 Å². The van der Waals surface area contributed by atoms with Crippen molar-refractivity contribution in [1.82, 2.24) is 10.2 Å². The van der Waals surface area contributed by atoms with E-state index in [0.717, 1.165) is 28.1 Å². The van der Waals surface area contributed by atoms with Gasteiger partial charge < -0.3 is 10.2 Å². The van der Waals surface area contributed by atoms with E-state index in [2.05, 4.69) is 5.32 Å². The third kappa shape index (κ3) is 7.75. The van der Waals surface area contributed by atoms with Crippen LogP contribution in [0.25, 0.3) is 0 Å². The number of benzene rings is 2. The molecule has 1 N–H and O–H groups in total. The van der Waals surface area contributed by atoms with Crippen LogP contribution in [0.4, 0.5) is 5.69 Å². The van der Waals surface area contributed by atoms with Gasteiger partial charge in [0.25, 0.3) is 0 Å². The Kier molecular flexibility index (Phi) is 9.31. The van der Waals surface area contributed by atoms with Gasteiger partial charge >= 0.3 is 0 Å². The Morgan fingerprint density at radius 2 is 1.73 bits per heavy atom. The molecular weight excluding hydrogens is 462 g/mol. The molecule has 0 fully saturated rings. The summed E-state index contributed by atoms with van der Waals surface area (Å²) in [6, 6.07) is 13.0. The largest absolute Gasteiger partial charge is 0.352 e. The smallest absolute Gasteiger partial charge is 0.244 e. The number of sulfonamides is 1. The lowest BCUT2D eigenvalue weighted by molar-refractivity contribution is -0.139. The van der Waals surface area contributed by atoms with Crippen LogP contribution in [0.3, 0.4) is 0 Å². The van der Waals surface area contributed by atoms with E-state index >= 15 is 0 Å². The molecule has 0 unspecified atom stereocenters. The predicted octanol–water partition coefficient (Wildman–Crippen LogP) is 3.75. The van der Waals surface area contributed by atoms with Gasteiger partial charge in [0, 0.05) is 17.6 Å². The molecule has 0 saturated carbocycles. The van der Waals surface area contributed by atoms with Gasteiger partial charge in [-0.2, -0.15) is 0 Å². The fourth-order valence-corrected chi connectivity index (χ4v) is 4.25. The minimum absolute atomic E-state index is 0.0440. The van der Waals surface area contributed by atoms with Crippen molar-refractivity contribution in [2.45, 2.75) is 52.7 Å². The number of aryl methyl sites for hydroxylation is 1. The van der Waals surface area contributed by atoms with Gasteiger partial charge in [0.1, 0.15) is 12.6 Å². The lowest BCUT2D eigenvalue weighted by Crippen LogP contribution is -2.52. The summed E-state index contributed by atoms with van der Waals surface area (Å²) >= 11 is 5.93. The van der Waals surface area contributed by atoms with Crippen LogP contribution >= 0.6 is 11.6 Å². The highest BCUT2D eigenvalue weighted by atomic mass is 35.5. The first-order chi connectivity index (χ1) is 15.4. The second-order valence-electron chi connectivity index (χ2n) is 8.25. The van der Waals surface area contributed by atoms with Crippen molar-refractivity contribution in [2.75, 3.05) is 17.1 Å². The molecule has 2 amide bonds. The quantitative estimate of drug-likeness (QED) is 0.546. The molecule has 2 rings (SSSR count). The summed E-state index contributed by atoms with van der Waals surface area (Å²) in [7, 11) is -3.77. The van der Waals surface area contributed by atoms with Crippen molar-refractivity contribution in [3.8, 4) is 0 Å². The van der Waals surface area contributed by atoms with Gasteiger partial charge in [0.05, 0.1) is 11.9 Å². The summed E-state index contributed by atoms with van der Waals surface area (Å²) in [6.45, 7) is 7.19. The monoisotopic (exact) mass is 493 g/mol. The van der Waals surface area contributed by atoms with Gasteiger partial charge in [-0.15, -0.1) is 0 Å². The molecule has 0 aliphatic rings. The number of hydrogen-bond donors (Lipinski definition) is 1. The van der Waals surface area contributed by atoms with Crippen LogP contribution in [-0.4, -0.2) is 50.0 Å². The molecule has 2 aromatic carbocycles. The molecule has 2 atom stereocenters. The van der Waals surface area contributed by atoms with E-state index in [-0.39, 0.29) is 18.5 Å². The fraction of sp³-hybridized carbons (Fsp3) is 0.417. The minimum Gasteiger partial charge on any atom is -0.352 e. The summed E-state index contributed by atoms with van der Waals surface area (Å²) < 4.78 is 26.0. The van der Waals surface area contributed by atoms with E-state index < -0.39 is 28.5 Å². The third-order valence-electron chi connectivity index (χ3n) is 5.40. The Morgan fingerprint density at radius 1 is 1.09 bits per heavy atom. The molecule has 7 nitrogen and oxygen atoms in total. The van der Waals surface area contributed by atoms with Crippen molar-refractivity contribution in [2.24, 2.45) is 0 Å². The molecular formula is C24H32ClN3O4S. The molecule has 0 aliphatic carbocycles. The highest BCUT2D eigenvalue weighted by Crippen LogP contribution is 2.21. The van der Waals surface area contributed by atoms with Crippen LogP contribution in [0.1, 0.15) is 38.3 Å². The Bertz CT molecular complexity index is 1070. The molecule has 0 aliphatic heterocycles. The van der Waals surface area contributed by atoms with Crippen LogP contribution in [0.2, 0.25) is 5.02 Å². The van der Waals surface area contributed by atoms with Gasteiger partial charge in [-0.05, 0) is 57.0 Å². The maximum absolute atomic E-state index is 13.4. The van der Waals surface area contributed by atoms with Gasteiger partial charge in [0.15, 0.2) is 0 Å². The molecule has 180 valence electrons. The maximum atomic E-state index is 13.4. The summed E-state index contributed by atoms with van der Waals surface area (Å²) in [5, 5.41) is 3.36. The van der Waals surface area contributed by atoms with E-state index in [4.69, 9.17) is 11.6 Å². The average Bonchev–Trinajstić information content (AvgIpc) is 2.75. The first-order valence-corrected chi connectivity index (χ1v) is 13.0. The molecule has 0 radical (unpaired) electrons. The Hall–Kier alpha value is -2.58. The first-order valence-electron chi connectivity index (χ1n) is 10.8. The van der Waals surface area contributed by atoms with Crippen molar-refractivity contribution in [3.05, 3.63) is 64.7 Å². The summed E-state index contributed by atoms with van der Waals surface area (Å²) in [5.74, 6) is -0.772. The maximum Gasteiger partial charge on any atom is 0.244 e. The molecule has 0 bridgehead atoms. The molecule has 2 aromatic rings. The number of carbonyl (C=O) groups is 2. The lowest BCUT2D eigenvalue weighted by atomic mass is 10.1. The van der Waals surface area contributed by atoms with E-state index in [9.17, 15) is 18.0 Å². The molecule has 9 heteroatoms.